The highest BCUT2D eigenvalue weighted by molar-refractivity contribution is 7.89. The molecule has 0 fully saturated rings. The van der Waals surface area contributed by atoms with Gasteiger partial charge in [0.05, 0.1) is 17.1 Å². The molecule has 0 radical (unpaired) electrons. The molecule has 1 heterocycles. The number of aliphatic hydroxyl groups excluding tert-OH is 1. The van der Waals surface area contributed by atoms with Crippen molar-refractivity contribution in [1.82, 2.24) is 14.7 Å². The summed E-state index contributed by atoms with van der Waals surface area (Å²) in [7, 11) is -3.65. The Bertz CT molecular complexity index is 765. The van der Waals surface area contributed by atoms with Crippen LogP contribution in [0, 0.1) is 11.8 Å². The fourth-order valence-corrected chi connectivity index (χ4v) is 2.60. The summed E-state index contributed by atoms with van der Waals surface area (Å²) in [6.45, 7) is -0.194. The number of nitrogens with zero attached hydrogens (tertiary/aromatic N) is 2. The van der Waals surface area contributed by atoms with Crippen molar-refractivity contribution in [3.05, 3.63) is 54.1 Å². The molecule has 0 saturated carbocycles. The molecule has 2 rings (SSSR count). The van der Waals surface area contributed by atoms with Gasteiger partial charge >= 0.3 is 0 Å². The zero-order valence-electron chi connectivity index (χ0n) is 11.0. The minimum atomic E-state index is -3.65. The Balaban J connectivity index is 2.16. The highest BCUT2D eigenvalue weighted by Gasteiger charge is 2.14. The predicted octanol–water partition coefficient (Wildman–Crippen LogP) is 0.299. The van der Waals surface area contributed by atoms with Gasteiger partial charge in [-0.25, -0.2) is 23.1 Å². The van der Waals surface area contributed by atoms with Crippen LogP contribution in [0.2, 0.25) is 0 Å². The molecule has 0 amide bonds. The first-order chi connectivity index (χ1) is 10.1. The van der Waals surface area contributed by atoms with Crippen LogP contribution in [-0.2, 0) is 16.6 Å². The van der Waals surface area contributed by atoms with Crippen molar-refractivity contribution in [3.63, 3.8) is 0 Å². The molecule has 2 N–H and O–H groups in total. The SMILES string of the molecule is O=S(=O)(NCc1ccncn1)c1cccc(C#CCO)c1. The molecule has 108 valence electrons. The molecule has 0 aliphatic carbocycles. The molecule has 21 heavy (non-hydrogen) atoms. The van der Waals surface area contributed by atoms with Crippen molar-refractivity contribution in [2.75, 3.05) is 6.61 Å². The van der Waals surface area contributed by atoms with E-state index in [-0.39, 0.29) is 18.0 Å². The minimum Gasteiger partial charge on any atom is -0.384 e. The number of hydrogen-bond acceptors (Lipinski definition) is 5. The van der Waals surface area contributed by atoms with E-state index < -0.39 is 10.0 Å². The van der Waals surface area contributed by atoms with Gasteiger partial charge < -0.3 is 5.11 Å². The molecule has 7 heteroatoms. The number of sulfonamides is 1. The quantitative estimate of drug-likeness (QED) is 0.793. The maximum Gasteiger partial charge on any atom is 0.240 e. The maximum atomic E-state index is 12.2. The molecular formula is C14H13N3O3S. The van der Waals surface area contributed by atoms with Crippen LogP contribution in [0.25, 0.3) is 0 Å². The van der Waals surface area contributed by atoms with Gasteiger partial charge in [-0.2, -0.15) is 0 Å². The molecule has 2 aromatic rings. The van der Waals surface area contributed by atoms with Crippen LogP contribution < -0.4 is 4.72 Å². The first kappa shape index (κ1) is 15.1. The number of rotatable bonds is 4. The third-order valence-electron chi connectivity index (χ3n) is 2.54. The summed E-state index contributed by atoms with van der Waals surface area (Å²) in [4.78, 5) is 7.82. The number of hydrogen-bond donors (Lipinski definition) is 2. The van der Waals surface area contributed by atoms with Crippen molar-refractivity contribution in [3.8, 4) is 11.8 Å². The van der Waals surface area contributed by atoms with Crippen LogP contribution >= 0.6 is 0 Å². The van der Waals surface area contributed by atoms with Gasteiger partial charge in [0.2, 0.25) is 10.0 Å². The third kappa shape index (κ3) is 4.36. The van der Waals surface area contributed by atoms with E-state index in [1.165, 1.54) is 18.5 Å². The standard InChI is InChI=1S/C14H13N3O3S/c18-8-2-4-12-3-1-5-14(9-12)21(19,20)17-10-13-6-7-15-11-16-13/h1,3,5-7,9,11,17-18H,8,10H2. The first-order valence-electron chi connectivity index (χ1n) is 6.06. The van der Waals surface area contributed by atoms with Gasteiger partial charge in [-0.3, -0.25) is 0 Å². The van der Waals surface area contributed by atoms with Crippen LogP contribution in [0.4, 0.5) is 0 Å². The lowest BCUT2D eigenvalue weighted by atomic mass is 10.2. The van der Waals surface area contributed by atoms with E-state index in [2.05, 4.69) is 26.5 Å². The van der Waals surface area contributed by atoms with E-state index in [0.29, 0.717) is 11.3 Å². The normalized spacial score (nSPS) is 10.7. The highest BCUT2D eigenvalue weighted by atomic mass is 32.2. The van der Waals surface area contributed by atoms with Crippen LogP contribution in [-0.4, -0.2) is 30.1 Å². The van der Waals surface area contributed by atoms with E-state index in [0.717, 1.165) is 0 Å². The lowest BCUT2D eigenvalue weighted by Crippen LogP contribution is -2.23. The summed E-state index contributed by atoms with van der Waals surface area (Å²) in [6, 6.07) is 7.83. The second kappa shape index (κ2) is 6.95. The Labute approximate surface area is 122 Å². The zero-order chi connectivity index (χ0) is 15.1. The molecule has 6 nitrogen and oxygen atoms in total. The van der Waals surface area contributed by atoms with Crippen molar-refractivity contribution < 1.29 is 13.5 Å². The molecule has 0 unspecified atom stereocenters. The topological polar surface area (TPSA) is 92.2 Å². The van der Waals surface area contributed by atoms with Gasteiger partial charge in [0, 0.05) is 11.8 Å². The monoisotopic (exact) mass is 303 g/mol. The number of benzene rings is 1. The molecule has 0 spiro atoms. The zero-order valence-corrected chi connectivity index (χ0v) is 11.8. The molecule has 0 aliphatic heterocycles. The summed E-state index contributed by atoms with van der Waals surface area (Å²) in [5, 5.41) is 8.65. The average molecular weight is 303 g/mol. The van der Waals surface area contributed by atoms with Crippen molar-refractivity contribution >= 4 is 10.0 Å². The summed E-state index contributed by atoms with van der Waals surface area (Å²) in [5.74, 6) is 5.14. The number of aromatic nitrogens is 2. The number of nitrogens with one attached hydrogen (secondary N) is 1. The van der Waals surface area contributed by atoms with Crippen molar-refractivity contribution in [1.29, 1.82) is 0 Å². The van der Waals surface area contributed by atoms with E-state index in [1.807, 2.05) is 0 Å². The van der Waals surface area contributed by atoms with E-state index in [4.69, 9.17) is 5.11 Å². The van der Waals surface area contributed by atoms with Gasteiger partial charge in [0.1, 0.15) is 12.9 Å². The summed E-state index contributed by atoms with van der Waals surface area (Å²) in [6.07, 6.45) is 2.90. The largest absolute Gasteiger partial charge is 0.384 e. The Morgan fingerprint density at radius 1 is 1.29 bits per heavy atom. The molecule has 0 bridgehead atoms. The summed E-state index contributed by atoms with van der Waals surface area (Å²) >= 11 is 0. The predicted molar refractivity (Wildman–Crippen MR) is 76.5 cm³/mol. The van der Waals surface area contributed by atoms with Gasteiger partial charge in [-0.05, 0) is 24.3 Å². The minimum absolute atomic E-state index is 0.0808. The summed E-state index contributed by atoms with van der Waals surface area (Å²) < 4.78 is 26.8. The van der Waals surface area contributed by atoms with Crippen LogP contribution in [0.1, 0.15) is 11.3 Å². The van der Waals surface area contributed by atoms with Crippen LogP contribution in [0.3, 0.4) is 0 Å². The Kier molecular flexibility index (Phi) is 5.00. The summed E-state index contributed by atoms with van der Waals surface area (Å²) in [5.41, 5.74) is 1.10. The molecule has 0 aliphatic rings. The molecule has 1 aromatic heterocycles. The van der Waals surface area contributed by atoms with Gasteiger partial charge in [0.25, 0.3) is 0 Å². The second-order valence-electron chi connectivity index (χ2n) is 4.01. The maximum absolute atomic E-state index is 12.2. The van der Waals surface area contributed by atoms with Gasteiger partial charge in [-0.1, -0.05) is 17.9 Å². The highest BCUT2D eigenvalue weighted by Crippen LogP contribution is 2.11. The third-order valence-corrected chi connectivity index (χ3v) is 3.94. The molecule has 1 aromatic carbocycles. The fourth-order valence-electron chi connectivity index (χ4n) is 1.56. The fraction of sp³-hybridized carbons (Fsp3) is 0.143. The van der Waals surface area contributed by atoms with E-state index in [1.54, 1.807) is 24.4 Å². The average Bonchev–Trinajstić information content (AvgIpc) is 2.52. The second-order valence-corrected chi connectivity index (χ2v) is 5.78. The first-order valence-corrected chi connectivity index (χ1v) is 7.54. The van der Waals surface area contributed by atoms with Gasteiger partial charge in [-0.15, -0.1) is 0 Å². The van der Waals surface area contributed by atoms with Crippen LogP contribution in [0.5, 0.6) is 0 Å². The van der Waals surface area contributed by atoms with E-state index in [9.17, 15) is 8.42 Å². The van der Waals surface area contributed by atoms with E-state index >= 15 is 0 Å². The van der Waals surface area contributed by atoms with Crippen molar-refractivity contribution in [2.24, 2.45) is 0 Å². The Morgan fingerprint density at radius 3 is 2.86 bits per heavy atom. The molecule has 0 saturated heterocycles. The molecular weight excluding hydrogens is 290 g/mol. The van der Waals surface area contributed by atoms with Crippen LogP contribution in [0.15, 0.2) is 47.8 Å². The Hall–Kier alpha value is -2.27. The Morgan fingerprint density at radius 2 is 2.14 bits per heavy atom. The number of aliphatic hydroxyl groups is 1. The lowest BCUT2D eigenvalue weighted by Gasteiger charge is -2.06. The lowest BCUT2D eigenvalue weighted by molar-refractivity contribution is 0.350. The van der Waals surface area contributed by atoms with Crippen molar-refractivity contribution in [2.45, 2.75) is 11.4 Å². The molecule has 0 atom stereocenters. The van der Waals surface area contributed by atoms with Gasteiger partial charge in [0.15, 0.2) is 0 Å². The smallest absolute Gasteiger partial charge is 0.240 e.